The van der Waals surface area contributed by atoms with Crippen molar-refractivity contribution < 1.29 is 9.59 Å². The highest BCUT2D eigenvalue weighted by atomic mass is 35.5. The van der Waals surface area contributed by atoms with E-state index in [1.54, 1.807) is 0 Å². The van der Waals surface area contributed by atoms with Gasteiger partial charge in [0.15, 0.2) is 0 Å². The highest BCUT2D eigenvalue weighted by Crippen LogP contribution is 2.31. The van der Waals surface area contributed by atoms with Crippen LogP contribution in [-0.4, -0.2) is 41.9 Å². The number of carbonyl (C=O) groups is 2. The molecular weight excluding hydrogens is 314 g/mol. The zero-order chi connectivity index (χ0) is 16.1. The SMILES string of the molecule is CC(C)[C@H](N)C(=O)NCC(=O)N(CC1CCCCC1)C1CC1.Cl. The number of amides is 2. The monoisotopic (exact) mass is 345 g/mol. The molecule has 0 unspecified atom stereocenters. The molecule has 0 aliphatic heterocycles. The number of hydrogen-bond donors (Lipinski definition) is 2. The third-order valence-corrected chi connectivity index (χ3v) is 4.92. The molecule has 2 rings (SSSR count). The molecule has 0 heterocycles. The average molecular weight is 346 g/mol. The summed E-state index contributed by atoms with van der Waals surface area (Å²) in [5.41, 5.74) is 5.81. The summed E-state index contributed by atoms with van der Waals surface area (Å²) in [6, 6.07) is -0.134. The van der Waals surface area contributed by atoms with Crippen LogP contribution in [0.25, 0.3) is 0 Å². The maximum atomic E-state index is 12.5. The molecule has 0 radical (unpaired) electrons. The van der Waals surface area contributed by atoms with Gasteiger partial charge in [0.2, 0.25) is 11.8 Å². The summed E-state index contributed by atoms with van der Waals surface area (Å²) >= 11 is 0. The van der Waals surface area contributed by atoms with Gasteiger partial charge in [-0.3, -0.25) is 9.59 Å². The van der Waals surface area contributed by atoms with Gasteiger partial charge in [-0.05, 0) is 37.5 Å². The number of carbonyl (C=O) groups excluding carboxylic acids is 2. The van der Waals surface area contributed by atoms with Gasteiger partial charge in [0.05, 0.1) is 12.6 Å². The second kappa shape index (κ2) is 9.48. The first-order valence-electron chi connectivity index (χ1n) is 8.81. The lowest BCUT2D eigenvalue weighted by atomic mass is 9.89. The fourth-order valence-corrected chi connectivity index (χ4v) is 3.17. The number of nitrogens with zero attached hydrogens (tertiary/aromatic N) is 1. The Balaban J connectivity index is 0.00000264. The standard InChI is InChI=1S/C17H31N3O2.ClH/c1-12(2)16(18)17(22)19-10-15(21)20(14-8-9-14)11-13-6-4-3-5-7-13;/h12-14,16H,3-11,18H2,1-2H3,(H,19,22);1H/t16-;/m0./s1. The van der Waals surface area contributed by atoms with Crippen LogP contribution in [0.2, 0.25) is 0 Å². The van der Waals surface area contributed by atoms with Gasteiger partial charge in [-0.15, -0.1) is 12.4 Å². The van der Waals surface area contributed by atoms with Gasteiger partial charge in [-0.25, -0.2) is 0 Å². The molecule has 5 nitrogen and oxygen atoms in total. The fraction of sp³-hybridized carbons (Fsp3) is 0.882. The van der Waals surface area contributed by atoms with E-state index in [0.717, 1.165) is 19.4 Å². The molecule has 0 aromatic heterocycles. The first-order valence-corrected chi connectivity index (χ1v) is 8.81. The Morgan fingerprint density at radius 1 is 1.13 bits per heavy atom. The van der Waals surface area contributed by atoms with E-state index < -0.39 is 6.04 Å². The normalized spacial score (nSPS) is 19.8. The van der Waals surface area contributed by atoms with Gasteiger partial charge in [0.25, 0.3) is 0 Å². The Hall–Kier alpha value is -0.810. The van der Waals surface area contributed by atoms with Crippen molar-refractivity contribution in [3.8, 4) is 0 Å². The number of nitrogens with one attached hydrogen (secondary N) is 1. The highest BCUT2D eigenvalue weighted by molar-refractivity contribution is 5.87. The minimum Gasteiger partial charge on any atom is -0.346 e. The molecule has 0 saturated heterocycles. The Morgan fingerprint density at radius 2 is 1.74 bits per heavy atom. The van der Waals surface area contributed by atoms with E-state index in [2.05, 4.69) is 5.32 Å². The summed E-state index contributed by atoms with van der Waals surface area (Å²) in [5, 5.41) is 2.71. The lowest BCUT2D eigenvalue weighted by molar-refractivity contribution is -0.134. The van der Waals surface area contributed by atoms with Gasteiger partial charge in [0, 0.05) is 12.6 Å². The van der Waals surface area contributed by atoms with Crippen molar-refractivity contribution in [3.05, 3.63) is 0 Å². The van der Waals surface area contributed by atoms with Crippen molar-refractivity contribution in [1.29, 1.82) is 0 Å². The minimum absolute atomic E-state index is 0. The predicted molar refractivity (Wildman–Crippen MR) is 94.4 cm³/mol. The van der Waals surface area contributed by atoms with E-state index in [1.807, 2.05) is 18.7 Å². The lowest BCUT2D eigenvalue weighted by Gasteiger charge is -2.30. The second-order valence-corrected chi connectivity index (χ2v) is 7.27. The highest BCUT2D eigenvalue weighted by Gasteiger charge is 2.34. The van der Waals surface area contributed by atoms with E-state index in [9.17, 15) is 9.59 Å². The maximum absolute atomic E-state index is 12.5. The van der Waals surface area contributed by atoms with Crippen molar-refractivity contribution in [1.82, 2.24) is 10.2 Å². The Morgan fingerprint density at radius 3 is 2.26 bits per heavy atom. The lowest BCUT2D eigenvalue weighted by Crippen LogP contribution is -2.49. The molecular formula is C17H32ClN3O2. The van der Waals surface area contributed by atoms with E-state index in [4.69, 9.17) is 5.73 Å². The number of hydrogen-bond acceptors (Lipinski definition) is 3. The first kappa shape index (κ1) is 20.2. The molecule has 134 valence electrons. The summed E-state index contributed by atoms with van der Waals surface area (Å²) in [5.74, 6) is 0.554. The Bertz CT molecular complexity index is 393. The van der Waals surface area contributed by atoms with Gasteiger partial charge >= 0.3 is 0 Å². The van der Waals surface area contributed by atoms with Gasteiger partial charge in [0.1, 0.15) is 0 Å². The average Bonchev–Trinajstić information content (AvgIpc) is 3.34. The van der Waals surface area contributed by atoms with E-state index in [0.29, 0.717) is 12.0 Å². The number of rotatable bonds is 7. The van der Waals surface area contributed by atoms with Crippen LogP contribution in [0.3, 0.4) is 0 Å². The van der Waals surface area contributed by atoms with E-state index >= 15 is 0 Å². The van der Waals surface area contributed by atoms with Crippen molar-refractivity contribution in [2.24, 2.45) is 17.6 Å². The quantitative estimate of drug-likeness (QED) is 0.741. The molecule has 0 spiro atoms. The van der Waals surface area contributed by atoms with Crippen molar-refractivity contribution in [2.75, 3.05) is 13.1 Å². The summed E-state index contributed by atoms with van der Waals surface area (Å²) in [7, 11) is 0. The topological polar surface area (TPSA) is 75.4 Å². The molecule has 2 aliphatic carbocycles. The van der Waals surface area contributed by atoms with Crippen LogP contribution in [0, 0.1) is 11.8 Å². The summed E-state index contributed by atoms with van der Waals surface area (Å²) in [4.78, 5) is 26.4. The molecule has 3 N–H and O–H groups in total. The predicted octanol–water partition coefficient (Wildman–Crippen LogP) is 2.08. The van der Waals surface area contributed by atoms with Gasteiger partial charge in [-0.2, -0.15) is 0 Å². The van der Waals surface area contributed by atoms with Crippen LogP contribution in [0.1, 0.15) is 58.8 Å². The zero-order valence-corrected chi connectivity index (χ0v) is 15.2. The molecule has 1 atom stereocenters. The van der Waals surface area contributed by atoms with Gasteiger partial charge in [-0.1, -0.05) is 33.1 Å². The zero-order valence-electron chi connectivity index (χ0n) is 14.4. The molecule has 0 aromatic rings. The molecule has 2 fully saturated rings. The molecule has 2 saturated carbocycles. The van der Waals surface area contributed by atoms with Crippen LogP contribution in [0.15, 0.2) is 0 Å². The van der Waals surface area contributed by atoms with E-state index in [1.165, 1.54) is 32.1 Å². The fourth-order valence-electron chi connectivity index (χ4n) is 3.17. The molecule has 6 heteroatoms. The van der Waals surface area contributed by atoms with Crippen LogP contribution < -0.4 is 11.1 Å². The molecule has 0 bridgehead atoms. The van der Waals surface area contributed by atoms with Gasteiger partial charge < -0.3 is 16.0 Å². The molecule has 23 heavy (non-hydrogen) atoms. The molecule has 0 aromatic carbocycles. The minimum atomic E-state index is -0.541. The van der Waals surface area contributed by atoms with Crippen molar-refractivity contribution in [2.45, 2.75) is 70.9 Å². The van der Waals surface area contributed by atoms with Crippen LogP contribution >= 0.6 is 12.4 Å². The summed E-state index contributed by atoms with van der Waals surface area (Å²) < 4.78 is 0. The molecule has 2 amide bonds. The Labute approximate surface area is 146 Å². The second-order valence-electron chi connectivity index (χ2n) is 7.27. The van der Waals surface area contributed by atoms with Crippen LogP contribution in [-0.2, 0) is 9.59 Å². The van der Waals surface area contributed by atoms with Crippen LogP contribution in [0.4, 0.5) is 0 Å². The third kappa shape index (κ3) is 6.30. The number of halogens is 1. The smallest absolute Gasteiger partial charge is 0.242 e. The summed E-state index contributed by atoms with van der Waals surface area (Å²) in [6.07, 6.45) is 8.60. The van der Waals surface area contributed by atoms with Crippen molar-refractivity contribution in [3.63, 3.8) is 0 Å². The Kier molecular flexibility index (Phi) is 8.34. The molecule has 2 aliphatic rings. The van der Waals surface area contributed by atoms with Crippen molar-refractivity contribution >= 4 is 24.2 Å². The van der Waals surface area contributed by atoms with Crippen LogP contribution in [0.5, 0.6) is 0 Å². The van der Waals surface area contributed by atoms with E-state index in [-0.39, 0.29) is 36.7 Å². The maximum Gasteiger partial charge on any atom is 0.242 e. The summed E-state index contributed by atoms with van der Waals surface area (Å²) in [6.45, 7) is 4.77. The largest absolute Gasteiger partial charge is 0.346 e. The number of nitrogens with two attached hydrogens (primary N) is 1. The first-order chi connectivity index (χ1) is 10.5. The third-order valence-electron chi connectivity index (χ3n) is 4.92.